The number of carbonyl (C=O) groups is 1. The van der Waals surface area contributed by atoms with Crippen LogP contribution in [0.2, 0.25) is 0 Å². The average molecular weight is 1320 g/mol. The van der Waals surface area contributed by atoms with Crippen molar-refractivity contribution >= 4 is 5.91 Å². The van der Waals surface area contributed by atoms with Gasteiger partial charge in [-0.15, -0.1) is 0 Å². The number of allylic oxidation sites excluding steroid dienone is 23. The fraction of sp³-hybridized carbons (Fsp3) is 0.709. The van der Waals surface area contributed by atoms with Gasteiger partial charge in [0.05, 0.1) is 25.4 Å². The number of hydrogen-bond donors (Lipinski definition) is 6. The van der Waals surface area contributed by atoms with E-state index in [0.29, 0.717) is 6.42 Å². The van der Waals surface area contributed by atoms with Crippen LogP contribution in [-0.4, -0.2) is 87.5 Å². The van der Waals surface area contributed by atoms with Gasteiger partial charge >= 0.3 is 0 Å². The summed E-state index contributed by atoms with van der Waals surface area (Å²) >= 11 is 0. The van der Waals surface area contributed by atoms with Crippen LogP contribution in [0, 0.1) is 0 Å². The van der Waals surface area contributed by atoms with Crippen LogP contribution >= 0.6 is 0 Å². The summed E-state index contributed by atoms with van der Waals surface area (Å²) in [6.07, 6.45) is 105. The van der Waals surface area contributed by atoms with E-state index in [1.165, 1.54) is 199 Å². The number of rotatable bonds is 68. The first kappa shape index (κ1) is 89.1. The van der Waals surface area contributed by atoms with Gasteiger partial charge in [0, 0.05) is 6.42 Å². The highest BCUT2D eigenvalue weighted by atomic mass is 16.7. The molecule has 0 aromatic heterocycles. The standard InChI is InChI=1S/C86H147NO8/c1-3-5-7-9-11-13-15-17-19-21-23-25-27-29-31-33-35-36-37-38-39-40-41-42-43-44-46-48-50-52-54-56-58-60-62-64-66-68-70-72-74-76-82(90)87-79(78-94-86-85(93)84(92)83(91)81(77-88)95-86)80(89)75-73-71-69-67-65-63-61-59-57-55-53-51-49-47-45-34-32-30-28-26-24-22-20-18-16-14-12-10-8-6-4-2/h5,7,11,13,17,19,23,25,29,31,35-36,38-39,41-42,44,46,50,52,65,67,73,75,79-81,83-86,88-89,91-93H,3-4,6,8-10,12,14-16,18,20-22,24,26-28,30,32-34,37,40,43,45,47-49,51,53-64,66,68-72,74,76-78H2,1-2H3,(H,87,90)/b7-5-,13-11-,19-17-,25-23-,31-29-,36-35-,39-38-,42-41-,46-44-,52-50-,67-65+,75-73+. The van der Waals surface area contributed by atoms with Crippen molar-refractivity contribution in [3.8, 4) is 0 Å². The molecule has 1 saturated heterocycles. The molecule has 1 aliphatic heterocycles. The van der Waals surface area contributed by atoms with E-state index in [4.69, 9.17) is 9.47 Å². The second-order valence-electron chi connectivity index (χ2n) is 26.8. The molecule has 0 radical (unpaired) electrons. The van der Waals surface area contributed by atoms with Gasteiger partial charge in [-0.25, -0.2) is 0 Å². The predicted molar refractivity (Wildman–Crippen MR) is 410 cm³/mol. The van der Waals surface area contributed by atoms with Gasteiger partial charge in [-0.3, -0.25) is 4.79 Å². The van der Waals surface area contributed by atoms with E-state index in [1.807, 2.05) is 6.08 Å². The maximum absolute atomic E-state index is 13.2. The number of aliphatic hydroxyl groups excluding tert-OH is 5. The molecule has 1 amide bonds. The molecule has 544 valence electrons. The number of amides is 1. The van der Waals surface area contributed by atoms with Gasteiger partial charge in [0.2, 0.25) is 5.91 Å². The Balaban J connectivity index is 2.14. The van der Waals surface area contributed by atoms with Gasteiger partial charge < -0.3 is 40.3 Å². The monoisotopic (exact) mass is 1320 g/mol. The highest BCUT2D eigenvalue weighted by Gasteiger charge is 2.44. The molecule has 7 unspecified atom stereocenters. The van der Waals surface area contributed by atoms with E-state index in [9.17, 15) is 30.3 Å². The molecule has 1 aliphatic rings. The van der Waals surface area contributed by atoms with Crippen molar-refractivity contribution in [2.75, 3.05) is 13.2 Å². The van der Waals surface area contributed by atoms with Crippen LogP contribution in [0.3, 0.4) is 0 Å². The third-order valence-electron chi connectivity index (χ3n) is 17.9. The normalized spacial score (nSPS) is 18.3. The van der Waals surface area contributed by atoms with E-state index < -0.39 is 49.5 Å². The lowest BCUT2D eigenvalue weighted by atomic mass is 9.99. The van der Waals surface area contributed by atoms with Gasteiger partial charge in [-0.1, -0.05) is 365 Å². The summed E-state index contributed by atoms with van der Waals surface area (Å²) in [5, 5.41) is 54.9. The number of hydrogen-bond acceptors (Lipinski definition) is 8. The number of ether oxygens (including phenoxy) is 2. The summed E-state index contributed by atoms with van der Waals surface area (Å²) in [4.78, 5) is 13.2. The molecule has 0 aliphatic carbocycles. The van der Waals surface area contributed by atoms with Gasteiger partial charge in [0.25, 0.3) is 0 Å². The van der Waals surface area contributed by atoms with Crippen LogP contribution in [0.25, 0.3) is 0 Å². The molecule has 95 heavy (non-hydrogen) atoms. The molecule has 1 heterocycles. The summed E-state index contributed by atoms with van der Waals surface area (Å²) in [7, 11) is 0. The average Bonchev–Trinajstić information content (AvgIpc) is 0.836. The minimum Gasteiger partial charge on any atom is -0.394 e. The molecule has 0 aromatic rings. The van der Waals surface area contributed by atoms with E-state index in [0.717, 1.165) is 116 Å². The van der Waals surface area contributed by atoms with Crippen LogP contribution < -0.4 is 5.32 Å². The van der Waals surface area contributed by atoms with Crippen LogP contribution in [0.15, 0.2) is 146 Å². The SMILES string of the molecule is CC/C=C\C/C=C\C/C=C\C/C=C\C/C=C\C/C=C\C/C=C\C/C=C\C/C=C\C/C=C\CCCCCCCCCCCCC(=O)NC(COC1OC(CO)C(O)C(O)C1O)C(O)/C=C/CC/C=C/CCCCCCCCCCCCCCCCCCCCCCCCCCC. The smallest absolute Gasteiger partial charge is 0.220 e. The molecule has 9 nitrogen and oxygen atoms in total. The van der Waals surface area contributed by atoms with Crippen LogP contribution in [0.5, 0.6) is 0 Å². The Kier molecular flexibility index (Phi) is 68.3. The summed E-state index contributed by atoms with van der Waals surface area (Å²) in [5.41, 5.74) is 0. The van der Waals surface area contributed by atoms with Crippen molar-refractivity contribution in [3.05, 3.63) is 146 Å². The highest BCUT2D eigenvalue weighted by Crippen LogP contribution is 2.23. The fourth-order valence-electron chi connectivity index (χ4n) is 11.8. The number of carbonyl (C=O) groups excluding carboxylic acids is 1. The van der Waals surface area contributed by atoms with Crippen molar-refractivity contribution < 1.29 is 39.8 Å². The summed E-state index contributed by atoms with van der Waals surface area (Å²) < 4.78 is 11.3. The minimum absolute atomic E-state index is 0.193. The van der Waals surface area contributed by atoms with Gasteiger partial charge in [-0.2, -0.15) is 0 Å². The molecule has 9 heteroatoms. The van der Waals surface area contributed by atoms with E-state index in [1.54, 1.807) is 6.08 Å². The minimum atomic E-state index is -1.58. The van der Waals surface area contributed by atoms with E-state index >= 15 is 0 Å². The van der Waals surface area contributed by atoms with Crippen molar-refractivity contribution in [2.45, 2.75) is 378 Å². The Labute approximate surface area is 584 Å². The first-order valence-electron chi connectivity index (χ1n) is 39.6. The second-order valence-corrected chi connectivity index (χ2v) is 26.8. The molecule has 6 N–H and O–H groups in total. The topological polar surface area (TPSA) is 149 Å². The number of nitrogens with one attached hydrogen (secondary N) is 1. The Morgan fingerprint density at radius 2 is 0.663 bits per heavy atom. The third kappa shape index (κ3) is 60.9. The van der Waals surface area contributed by atoms with Crippen molar-refractivity contribution in [3.63, 3.8) is 0 Å². The lowest BCUT2D eigenvalue weighted by Gasteiger charge is -2.40. The molecule has 0 spiro atoms. The quantitative estimate of drug-likeness (QED) is 0.0261. The first-order chi connectivity index (χ1) is 46.8. The zero-order chi connectivity index (χ0) is 68.5. The Hall–Kier alpha value is -3.93. The van der Waals surface area contributed by atoms with Gasteiger partial charge in [-0.05, 0) is 109 Å². The first-order valence-corrected chi connectivity index (χ1v) is 39.6. The maximum atomic E-state index is 13.2. The molecule has 1 rings (SSSR count). The zero-order valence-electron chi connectivity index (χ0n) is 61.1. The Bertz CT molecular complexity index is 2020. The van der Waals surface area contributed by atoms with Crippen molar-refractivity contribution in [1.29, 1.82) is 0 Å². The number of unbranched alkanes of at least 4 members (excludes halogenated alkanes) is 36. The molecular weight excluding hydrogens is 1170 g/mol. The van der Waals surface area contributed by atoms with Crippen LogP contribution in [0.4, 0.5) is 0 Å². The van der Waals surface area contributed by atoms with Crippen molar-refractivity contribution in [1.82, 2.24) is 5.32 Å². The summed E-state index contributed by atoms with van der Waals surface area (Å²) in [6, 6.07) is -0.836. The molecule has 0 aromatic carbocycles. The molecular formula is C86H147NO8. The van der Waals surface area contributed by atoms with Crippen LogP contribution in [-0.2, 0) is 14.3 Å². The summed E-state index contributed by atoms with van der Waals surface area (Å²) in [6.45, 7) is 3.68. The lowest BCUT2D eigenvalue weighted by Crippen LogP contribution is -2.60. The zero-order valence-corrected chi connectivity index (χ0v) is 61.1. The van der Waals surface area contributed by atoms with Gasteiger partial charge in [0.1, 0.15) is 24.4 Å². The van der Waals surface area contributed by atoms with Crippen LogP contribution in [0.1, 0.15) is 335 Å². The Morgan fingerprint density at radius 1 is 0.368 bits per heavy atom. The molecule has 7 atom stereocenters. The lowest BCUT2D eigenvalue weighted by molar-refractivity contribution is -0.302. The van der Waals surface area contributed by atoms with E-state index in [-0.39, 0.29) is 12.5 Å². The maximum Gasteiger partial charge on any atom is 0.220 e. The van der Waals surface area contributed by atoms with E-state index in [2.05, 4.69) is 153 Å². The molecule has 0 saturated carbocycles. The summed E-state index contributed by atoms with van der Waals surface area (Å²) in [5.74, 6) is -0.193. The highest BCUT2D eigenvalue weighted by molar-refractivity contribution is 5.76. The second kappa shape index (κ2) is 72.8. The molecule has 1 fully saturated rings. The largest absolute Gasteiger partial charge is 0.394 e. The molecule has 0 bridgehead atoms. The van der Waals surface area contributed by atoms with Crippen molar-refractivity contribution in [2.24, 2.45) is 0 Å². The van der Waals surface area contributed by atoms with Gasteiger partial charge in [0.15, 0.2) is 6.29 Å². The fourth-order valence-corrected chi connectivity index (χ4v) is 11.8. The third-order valence-corrected chi connectivity index (χ3v) is 17.9. The Morgan fingerprint density at radius 3 is 1.01 bits per heavy atom. The number of aliphatic hydroxyl groups is 5. The predicted octanol–water partition coefficient (Wildman–Crippen LogP) is 22.9.